The number of carbonyl (C=O) groups excluding carboxylic acids is 3. The molecule has 4 heterocycles. The number of likely N-dealkylation sites (N-methyl/N-ethyl adjacent to an activating group) is 2. The van der Waals surface area contributed by atoms with Crippen LogP contribution in [-0.2, 0) is 22.4 Å². The third-order valence-electron chi connectivity index (χ3n) is 9.17. The fourth-order valence-electron chi connectivity index (χ4n) is 6.09. The quantitative estimate of drug-likeness (QED) is 0.153. The summed E-state index contributed by atoms with van der Waals surface area (Å²) in [6.45, 7) is 0.240. The van der Waals surface area contributed by atoms with Crippen molar-refractivity contribution in [2.45, 2.75) is 32.4 Å². The molecule has 0 saturated carbocycles. The maximum Gasteiger partial charge on any atom is 0.375 e. The minimum atomic E-state index is -1.17. The van der Waals surface area contributed by atoms with E-state index in [1.54, 1.807) is 62.6 Å². The van der Waals surface area contributed by atoms with E-state index in [4.69, 9.17) is 30.8 Å². The number of rotatable bonds is 7. The van der Waals surface area contributed by atoms with Gasteiger partial charge in [-0.3, -0.25) is 24.6 Å². The molecule has 3 amide bonds. The molecule has 6 N–H and O–H groups in total. The number of hydrogen-bond donors (Lipinski definition) is 5. The van der Waals surface area contributed by atoms with Crippen LogP contribution in [0.1, 0.15) is 62.6 Å². The molecule has 0 bridgehead atoms. The van der Waals surface area contributed by atoms with Crippen molar-refractivity contribution in [3.05, 3.63) is 143 Å². The lowest BCUT2D eigenvalue weighted by Crippen LogP contribution is -2.49. The number of aromatic amines is 2. The maximum atomic E-state index is 12.7. The highest BCUT2D eigenvalue weighted by Gasteiger charge is 2.31. The van der Waals surface area contributed by atoms with E-state index >= 15 is 0 Å². The number of nitrogens with one attached hydrogen (secondary N) is 3. The number of halogens is 1. The molecule has 0 aliphatic carbocycles. The zero-order valence-corrected chi connectivity index (χ0v) is 34.0. The van der Waals surface area contributed by atoms with E-state index in [9.17, 15) is 19.2 Å². The molecule has 4 aromatic carbocycles. The van der Waals surface area contributed by atoms with Crippen molar-refractivity contribution in [2.75, 3.05) is 37.1 Å². The number of ether oxygens (including phenoxy) is 2. The minimum Gasteiger partial charge on any atom is -0.489 e. The number of nitriles is 2. The first-order valence-corrected chi connectivity index (χ1v) is 18.5. The van der Waals surface area contributed by atoms with Crippen LogP contribution in [0.2, 0.25) is 0 Å². The molecule has 0 saturated heterocycles. The summed E-state index contributed by atoms with van der Waals surface area (Å²) < 4.78 is 11.1. The van der Waals surface area contributed by atoms with Crippen molar-refractivity contribution in [3.8, 4) is 23.6 Å². The van der Waals surface area contributed by atoms with Gasteiger partial charge in [-0.05, 0) is 59.7 Å². The molecule has 6 aromatic rings. The van der Waals surface area contributed by atoms with Gasteiger partial charge in [0.1, 0.15) is 48.4 Å². The van der Waals surface area contributed by atoms with Gasteiger partial charge < -0.3 is 35.4 Å². The Labute approximate surface area is 367 Å². The Hall–Kier alpha value is -8.13. The van der Waals surface area contributed by atoms with Crippen molar-refractivity contribution in [1.29, 1.82) is 10.5 Å². The van der Waals surface area contributed by atoms with Gasteiger partial charge in [-0.25, -0.2) is 14.8 Å². The number of para-hydroxylation sites is 4. The molecule has 0 radical (unpaired) electrons. The molecular formula is C43H43ClN12O7. The standard InChI is InChI=1S/C21H18N6O3.C11H8N4O2.C10H12N2O2.CH4.ClH/c1-27-16-7-2-3-8-17(16)30-12-15(21(27)29)23-20(28)19-24-18(25-26-19)10-13-5-4-6-14(9-13)11-22;12-6-8-3-1-2-7(4-8)5-9-13-10(11(16)17)15-14-9;1-12-8-4-2-3-5-9(8)14-6-7(11)10(12)13;;/h2-9,15H,10,12H2,1H3,(H,23,28)(H,24,25,26);1-4H,5H2,(H,16,17)(H,13,14,15);2-5,7H,6,11H2,1H3;1H4;1H/t15-;;7-;;/m0.0../s1. The zero-order valence-electron chi connectivity index (χ0n) is 33.2. The number of anilines is 2. The van der Waals surface area contributed by atoms with Crippen molar-refractivity contribution >= 4 is 47.5 Å². The number of nitrogens with zero attached hydrogens (tertiary/aromatic N) is 8. The maximum absolute atomic E-state index is 12.7. The molecule has 0 fully saturated rings. The molecule has 20 heteroatoms. The topological polar surface area (TPSA) is 282 Å². The second kappa shape index (κ2) is 21.9. The van der Waals surface area contributed by atoms with Crippen LogP contribution in [0.25, 0.3) is 0 Å². The Bertz CT molecular complexity index is 2650. The van der Waals surface area contributed by atoms with Crippen molar-refractivity contribution in [3.63, 3.8) is 0 Å². The third-order valence-corrected chi connectivity index (χ3v) is 9.17. The SMILES string of the molecule is C.CN1C(=O)[C@@H](N)COc2ccccc21.CN1C(=O)[C@@H](NC(=O)c2n[nH]c(Cc3cccc(C#N)c3)n2)COc2ccccc21.Cl.N#Cc1cccc(Cc2nc(C(=O)O)n[nH]2)c1. The van der Waals surface area contributed by atoms with Crippen LogP contribution in [0.4, 0.5) is 11.4 Å². The number of H-pyrrole nitrogens is 2. The predicted molar refractivity (Wildman–Crippen MR) is 232 cm³/mol. The zero-order chi connectivity index (χ0) is 43.5. The summed E-state index contributed by atoms with van der Waals surface area (Å²) in [6, 6.07) is 31.4. The monoisotopic (exact) mass is 874 g/mol. The Morgan fingerprint density at radius 3 is 1.75 bits per heavy atom. The third kappa shape index (κ3) is 12.0. The minimum absolute atomic E-state index is 0. The molecule has 19 nitrogen and oxygen atoms in total. The number of benzene rings is 4. The van der Waals surface area contributed by atoms with E-state index in [2.05, 4.69) is 41.7 Å². The second-order valence-electron chi connectivity index (χ2n) is 13.5. The summed E-state index contributed by atoms with van der Waals surface area (Å²) in [6.07, 6.45) is 0.801. The van der Waals surface area contributed by atoms with Crippen molar-refractivity contribution < 1.29 is 33.8 Å². The van der Waals surface area contributed by atoms with Crippen molar-refractivity contribution in [2.24, 2.45) is 5.73 Å². The van der Waals surface area contributed by atoms with E-state index in [-0.39, 0.29) is 56.5 Å². The summed E-state index contributed by atoms with van der Waals surface area (Å²) in [5.41, 5.74) is 9.88. The summed E-state index contributed by atoms with van der Waals surface area (Å²) in [5.74, 6) is -0.271. The van der Waals surface area contributed by atoms with Gasteiger partial charge in [-0.2, -0.15) is 10.5 Å². The van der Waals surface area contributed by atoms with E-state index in [0.717, 1.165) is 16.8 Å². The fourth-order valence-corrected chi connectivity index (χ4v) is 6.09. The number of carboxylic acids is 1. The number of aromatic nitrogens is 6. The first kappa shape index (κ1) is 47.5. The predicted octanol–water partition coefficient (Wildman–Crippen LogP) is 3.81. The Morgan fingerprint density at radius 1 is 0.762 bits per heavy atom. The number of fused-ring (bicyclic) bond motifs is 2. The van der Waals surface area contributed by atoms with Gasteiger partial charge in [0.25, 0.3) is 17.6 Å². The highest BCUT2D eigenvalue weighted by atomic mass is 35.5. The Balaban J connectivity index is 0.000000224. The highest BCUT2D eigenvalue weighted by molar-refractivity contribution is 6.02. The summed E-state index contributed by atoms with van der Waals surface area (Å²) >= 11 is 0. The van der Waals surface area contributed by atoms with E-state index in [1.807, 2.05) is 54.6 Å². The summed E-state index contributed by atoms with van der Waals surface area (Å²) in [5, 5.41) is 41.8. The second-order valence-corrected chi connectivity index (χ2v) is 13.5. The van der Waals surface area contributed by atoms with Gasteiger partial charge >= 0.3 is 5.97 Å². The first-order chi connectivity index (χ1) is 29.4. The number of nitrogens with two attached hydrogens (primary N) is 1. The summed E-state index contributed by atoms with van der Waals surface area (Å²) in [4.78, 5) is 58.5. The fraction of sp³-hybridized carbons (Fsp3) is 0.209. The van der Waals surface area contributed by atoms with Crippen LogP contribution >= 0.6 is 12.4 Å². The van der Waals surface area contributed by atoms with Gasteiger partial charge in [-0.15, -0.1) is 22.6 Å². The normalized spacial score (nSPS) is 14.7. The van der Waals surface area contributed by atoms with Crippen LogP contribution in [0.5, 0.6) is 11.5 Å². The summed E-state index contributed by atoms with van der Waals surface area (Å²) in [7, 11) is 3.34. The average molecular weight is 875 g/mol. The molecule has 0 unspecified atom stereocenters. The number of carboxylic acid groups (broad SMARTS) is 1. The van der Waals surface area contributed by atoms with Gasteiger partial charge in [0, 0.05) is 26.9 Å². The van der Waals surface area contributed by atoms with E-state index in [1.165, 1.54) is 9.80 Å². The van der Waals surface area contributed by atoms with Crippen LogP contribution in [0, 0.1) is 22.7 Å². The largest absolute Gasteiger partial charge is 0.489 e. The Morgan fingerprint density at radius 2 is 1.24 bits per heavy atom. The molecule has 0 spiro atoms. The molecule has 2 aromatic heterocycles. The average Bonchev–Trinajstić information content (AvgIpc) is 3.92. The Kier molecular flexibility index (Phi) is 16.5. The smallest absolute Gasteiger partial charge is 0.375 e. The van der Waals surface area contributed by atoms with Crippen LogP contribution < -0.4 is 30.3 Å². The molecule has 2 atom stereocenters. The number of amides is 3. The highest BCUT2D eigenvalue weighted by Crippen LogP contribution is 2.30. The van der Waals surface area contributed by atoms with Crippen molar-refractivity contribution in [1.82, 2.24) is 35.7 Å². The van der Waals surface area contributed by atoms with Gasteiger partial charge in [0.2, 0.25) is 11.7 Å². The van der Waals surface area contributed by atoms with Gasteiger partial charge in [-0.1, -0.05) is 56.0 Å². The lowest BCUT2D eigenvalue weighted by atomic mass is 10.1. The van der Waals surface area contributed by atoms with E-state index < -0.39 is 24.0 Å². The lowest BCUT2D eigenvalue weighted by Gasteiger charge is -2.19. The molecule has 2 aliphatic heterocycles. The number of carbonyl (C=O) groups is 4. The number of hydrogen-bond acceptors (Lipinski definition) is 13. The van der Waals surface area contributed by atoms with Gasteiger partial charge in [0.05, 0.1) is 34.6 Å². The molecule has 63 heavy (non-hydrogen) atoms. The van der Waals surface area contributed by atoms with Crippen LogP contribution in [-0.4, -0.2) is 98.6 Å². The molecule has 2 aliphatic rings. The van der Waals surface area contributed by atoms with Crippen LogP contribution in [0.3, 0.4) is 0 Å². The lowest BCUT2D eigenvalue weighted by molar-refractivity contribution is -0.120. The molecule has 324 valence electrons. The van der Waals surface area contributed by atoms with E-state index in [0.29, 0.717) is 52.8 Å². The first-order valence-electron chi connectivity index (χ1n) is 18.5. The molecule has 8 rings (SSSR count). The van der Waals surface area contributed by atoms with Gasteiger partial charge in [0.15, 0.2) is 0 Å². The van der Waals surface area contributed by atoms with Crippen LogP contribution in [0.15, 0.2) is 97.1 Å². The molecular weight excluding hydrogens is 832 g/mol. The number of aromatic carboxylic acids is 1.